The zero-order chi connectivity index (χ0) is 28.3. The van der Waals surface area contributed by atoms with E-state index in [0.29, 0.717) is 36.2 Å². The summed E-state index contributed by atoms with van der Waals surface area (Å²) in [7, 11) is 1.83. The minimum atomic E-state index is -4.65. The molecule has 1 fully saturated rings. The number of benzene rings is 1. The Morgan fingerprint density at radius 2 is 2.08 bits per heavy atom. The molecule has 2 aliphatic rings. The second-order valence-electron chi connectivity index (χ2n) is 9.70. The summed E-state index contributed by atoms with van der Waals surface area (Å²) in [4.78, 5) is 14.1. The molecule has 1 aromatic heterocycles. The van der Waals surface area contributed by atoms with Gasteiger partial charge in [0.2, 0.25) is 0 Å². The molecule has 0 radical (unpaired) electrons. The number of alkyl halides is 6. The summed E-state index contributed by atoms with van der Waals surface area (Å²) in [5.41, 5.74) is 0.315. The Kier molecular flexibility index (Phi) is 8.70. The van der Waals surface area contributed by atoms with Crippen molar-refractivity contribution in [1.29, 1.82) is 0 Å². The fraction of sp³-hybridized carbons (Fsp3) is 0.462. The molecule has 4 atom stereocenters. The average Bonchev–Trinajstić information content (AvgIpc) is 3.38. The van der Waals surface area contributed by atoms with Crippen molar-refractivity contribution in [2.24, 2.45) is 0 Å². The fourth-order valence-electron chi connectivity index (χ4n) is 4.94. The number of amides is 1. The molecule has 0 aliphatic carbocycles. The maximum absolute atomic E-state index is 14.7. The van der Waals surface area contributed by atoms with Crippen molar-refractivity contribution in [2.45, 2.75) is 49.9 Å². The topological polar surface area (TPSA) is 74.2 Å². The van der Waals surface area contributed by atoms with Gasteiger partial charge < -0.3 is 15.5 Å². The molecule has 13 heteroatoms. The summed E-state index contributed by atoms with van der Waals surface area (Å²) in [5, 5.41) is 12.1. The number of nitrogens with one attached hydrogen (secondary N) is 3. The van der Waals surface area contributed by atoms with Crippen molar-refractivity contribution in [3.63, 3.8) is 0 Å². The van der Waals surface area contributed by atoms with Gasteiger partial charge in [-0.05, 0) is 43.1 Å². The number of halogens is 6. The smallest absolute Gasteiger partial charge is 0.379 e. The number of hydrogen-bond acceptors (Lipinski definition) is 5. The van der Waals surface area contributed by atoms with E-state index in [1.165, 1.54) is 6.08 Å². The van der Waals surface area contributed by atoms with E-state index >= 15 is 0 Å². The van der Waals surface area contributed by atoms with Crippen LogP contribution in [0.2, 0.25) is 0 Å². The Morgan fingerprint density at radius 1 is 1.31 bits per heavy atom. The van der Waals surface area contributed by atoms with Crippen molar-refractivity contribution in [2.75, 3.05) is 32.0 Å². The van der Waals surface area contributed by atoms with Gasteiger partial charge in [-0.3, -0.25) is 10.1 Å². The van der Waals surface area contributed by atoms with Crippen LogP contribution in [0.4, 0.5) is 32.0 Å². The first-order chi connectivity index (χ1) is 18.5. The second kappa shape index (κ2) is 11.8. The van der Waals surface area contributed by atoms with E-state index in [9.17, 15) is 31.1 Å². The highest BCUT2D eigenvalue weighted by molar-refractivity contribution is 5.92. The molecule has 3 N–H and O–H groups in total. The van der Waals surface area contributed by atoms with Gasteiger partial charge in [-0.2, -0.15) is 31.7 Å². The van der Waals surface area contributed by atoms with Crippen molar-refractivity contribution in [1.82, 2.24) is 25.3 Å². The number of carbonyl (C=O) groups excluding carboxylic acids is 1. The number of anilines is 1. The molecule has 0 spiro atoms. The molecule has 7 nitrogen and oxygen atoms in total. The number of rotatable bonds is 8. The predicted molar refractivity (Wildman–Crippen MR) is 134 cm³/mol. The van der Waals surface area contributed by atoms with E-state index in [2.05, 4.69) is 27.6 Å². The van der Waals surface area contributed by atoms with E-state index in [4.69, 9.17) is 0 Å². The Bertz CT molecular complexity index is 1210. The van der Waals surface area contributed by atoms with Gasteiger partial charge in [-0.1, -0.05) is 30.9 Å². The molecule has 39 heavy (non-hydrogen) atoms. The monoisotopic (exact) mass is 556 g/mol. The SMILES string of the molecule is C=C(C1NC(/C=C/CNC(=O)c2ccnn2C(F)F)Cc2c(N[C@@H]3CCN(C)C[C@@H]3F)cccc21)C(F)(F)F. The Morgan fingerprint density at radius 3 is 2.77 bits per heavy atom. The molecular formula is C26H30F6N6O. The molecule has 2 aliphatic heterocycles. The molecule has 1 saturated heterocycles. The van der Waals surface area contributed by atoms with Crippen LogP contribution in [0, 0.1) is 0 Å². The quantitative estimate of drug-likeness (QED) is 0.332. The third-order valence-corrected chi connectivity index (χ3v) is 6.96. The van der Waals surface area contributed by atoms with E-state index in [1.54, 1.807) is 24.3 Å². The normalized spacial score (nSPS) is 24.1. The maximum Gasteiger partial charge on any atom is 0.413 e. The molecule has 4 rings (SSSR count). The standard InChI is InChI=1S/C26H30F6N6O/c1-15(26(30,31)32)23-17-6-3-7-20(36-21-9-12-37(2)14-19(21)27)18(17)13-16(35-23)5-4-10-33-24(39)22-8-11-34-38(22)25(28)29/h3-8,11,16,19,21,23,25,35-36H,1,9-10,12-14H2,2H3,(H,33,39)/b5-4+/t16?,19-,21+,23?/m0/s1. The van der Waals surface area contributed by atoms with E-state index in [1.807, 2.05) is 11.9 Å². The lowest BCUT2D eigenvalue weighted by atomic mass is 9.85. The van der Waals surface area contributed by atoms with Crippen LogP contribution < -0.4 is 16.0 Å². The third kappa shape index (κ3) is 6.64. The molecule has 1 amide bonds. The molecule has 0 bridgehead atoms. The lowest BCUT2D eigenvalue weighted by Gasteiger charge is -2.37. The predicted octanol–water partition coefficient (Wildman–Crippen LogP) is 4.39. The third-order valence-electron chi connectivity index (χ3n) is 6.96. The van der Waals surface area contributed by atoms with E-state index in [0.717, 1.165) is 12.3 Å². The number of fused-ring (bicyclic) bond motifs is 1. The molecule has 2 unspecified atom stereocenters. The summed E-state index contributed by atoms with van der Waals surface area (Å²) in [6, 6.07) is 3.83. The highest BCUT2D eigenvalue weighted by atomic mass is 19.4. The zero-order valence-electron chi connectivity index (χ0n) is 21.2. The highest BCUT2D eigenvalue weighted by Gasteiger charge is 2.41. The van der Waals surface area contributed by atoms with Crippen LogP contribution in [0.3, 0.4) is 0 Å². The highest BCUT2D eigenvalue weighted by Crippen LogP contribution is 2.40. The van der Waals surface area contributed by atoms with Gasteiger partial charge in [0.05, 0.1) is 12.1 Å². The Labute approximate surface area is 221 Å². The van der Waals surface area contributed by atoms with Gasteiger partial charge in [0.15, 0.2) is 0 Å². The Hall–Kier alpha value is -3.32. The second-order valence-corrected chi connectivity index (χ2v) is 9.70. The van der Waals surface area contributed by atoms with Gasteiger partial charge in [0.1, 0.15) is 11.9 Å². The lowest BCUT2D eigenvalue weighted by Crippen LogP contribution is -2.46. The van der Waals surface area contributed by atoms with Crippen LogP contribution in [-0.4, -0.2) is 71.7 Å². The van der Waals surface area contributed by atoms with Crippen LogP contribution in [0.25, 0.3) is 0 Å². The molecule has 2 aromatic rings. The summed E-state index contributed by atoms with van der Waals surface area (Å²) < 4.78 is 82.0. The van der Waals surface area contributed by atoms with Crippen LogP contribution in [-0.2, 0) is 6.42 Å². The van der Waals surface area contributed by atoms with Crippen LogP contribution in [0.5, 0.6) is 0 Å². The molecular weight excluding hydrogens is 526 g/mol. The van der Waals surface area contributed by atoms with Crippen molar-refractivity contribution in [3.8, 4) is 0 Å². The summed E-state index contributed by atoms with van der Waals surface area (Å²) in [6.45, 7) is 1.21. The zero-order valence-corrected chi connectivity index (χ0v) is 21.2. The van der Waals surface area contributed by atoms with E-state index < -0.39 is 48.5 Å². The summed E-state index contributed by atoms with van der Waals surface area (Å²) >= 11 is 0. The number of likely N-dealkylation sites (tertiary alicyclic amines) is 1. The fourth-order valence-corrected chi connectivity index (χ4v) is 4.94. The first kappa shape index (κ1) is 28.7. The first-order valence-electron chi connectivity index (χ1n) is 12.4. The molecule has 3 heterocycles. The number of hydrogen-bond donors (Lipinski definition) is 3. The summed E-state index contributed by atoms with van der Waals surface area (Å²) in [6.07, 6.45) is -0.725. The van der Waals surface area contributed by atoms with Gasteiger partial charge in [-0.25, -0.2) is 4.39 Å². The average molecular weight is 557 g/mol. The number of aromatic nitrogens is 2. The summed E-state index contributed by atoms with van der Waals surface area (Å²) in [5.74, 6) is -0.770. The molecule has 212 valence electrons. The van der Waals surface area contributed by atoms with Gasteiger partial charge in [0, 0.05) is 43.1 Å². The number of piperidine rings is 1. The number of carbonyl (C=O) groups is 1. The molecule has 1 aromatic carbocycles. The van der Waals surface area contributed by atoms with Crippen LogP contribution in [0.15, 0.2) is 54.8 Å². The van der Waals surface area contributed by atoms with E-state index in [-0.39, 0.29) is 23.5 Å². The number of nitrogens with zero attached hydrogens (tertiary/aromatic N) is 3. The maximum atomic E-state index is 14.7. The van der Waals surface area contributed by atoms with Crippen LogP contribution >= 0.6 is 0 Å². The van der Waals surface area contributed by atoms with Crippen LogP contribution in [0.1, 0.15) is 40.6 Å². The Balaban J connectivity index is 1.51. The molecule has 0 saturated carbocycles. The van der Waals surface area contributed by atoms with Crippen molar-refractivity contribution < 1.29 is 31.1 Å². The van der Waals surface area contributed by atoms with Crippen molar-refractivity contribution >= 4 is 11.6 Å². The van der Waals surface area contributed by atoms with Gasteiger partial charge in [0.25, 0.3) is 5.91 Å². The van der Waals surface area contributed by atoms with Gasteiger partial charge in [-0.15, -0.1) is 0 Å². The largest absolute Gasteiger partial charge is 0.413 e. The minimum absolute atomic E-state index is 0.0534. The lowest BCUT2D eigenvalue weighted by molar-refractivity contribution is -0.0968. The van der Waals surface area contributed by atoms with Gasteiger partial charge >= 0.3 is 12.7 Å². The van der Waals surface area contributed by atoms with Crippen molar-refractivity contribution in [3.05, 3.63) is 71.6 Å². The minimum Gasteiger partial charge on any atom is -0.379 e. The first-order valence-corrected chi connectivity index (χ1v) is 12.4.